The molecule has 1 aliphatic rings. The average Bonchev–Trinajstić information content (AvgIpc) is 2.45. The van der Waals surface area contributed by atoms with E-state index in [4.69, 9.17) is 0 Å². The molecule has 0 atom stereocenters. The number of aromatic amines is 1. The summed E-state index contributed by atoms with van der Waals surface area (Å²) in [4.78, 5) is 20.0. The SMILES string of the molecule is O=c1cc(N2CCCCCC2)nc[nH]1. The van der Waals surface area contributed by atoms with Crippen LogP contribution in [-0.4, -0.2) is 23.1 Å². The first kappa shape index (κ1) is 9.24. The Balaban J connectivity index is 2.16. The third kappa shape index (κ3) is 2.13. The lowest BCUT2D eigenvalue weighted by Gasteiger charge is -2.20. The van der Waals surface area contributed by atoms with Crippen LogP contribution in [0.2, 0.25) is 0 Å². The molecular weight excluding hydrogens is 178 g/mol. The highest BCUT2D eigenvalue weighted by molar-refractivity contribution is 5.36. The molecule has 0 radical (unpaired) electrons. The van der Waals surface area contributed by atoms with Gasteiger partial charge in [0.1, 0.15) is 5.82 Å². The van der Waals surface area contributed by atoms with Gasteiger partial charge in [-0.05, 0) is 12.8 Å². The van der Waals surface area contributed by atoms with Crippen LogP contribution in [-0.2, 0) is 0 Å². The van der Waals surface area contributed by atoms with Crippen molar-refractivity contribution in [3.63, 3.8) is 0 Å². The topological polar surface area (TPSA) is 49.0 Å². The van der Waals surface area contributed by atoms with E-state index in [2.05, 4.69) is 14.9 Å². The van der Waals surface area contributed by atoms with Crippen LogP contribution >= 0.6 is 0 Å². The molecule has 4 nitrogen and oxygen atoms in total. The molecule has 1 fully saturated rings. The lowest BCUT2D eigenvalue weighted by Crippen LogP contribution is -2.26. The fourth-order valence-corrected chi connectivity index (χ4v) is 1.83. The predicted octanol–water partition coefficient (Wildman–Crippen LogP) is 1.15. The first-order valence-corrected chi connectivity index (χ1v) is 5.16. The molecule has 0 amide bonds. The van der Waals surface area contributed by atoms with E-state index >= 15 is 0 Å². The van der Waals surface area contributed by atoms with Gasteiger partial charge >= 0.3 is 0 Å². The van der Waals surface area contributed by atoms with Crippen molar-refractivity contribution >= 4 is 5.82 Å². The third-order valence-electron chi connectivity index (χ3n) is 2.59. The van der Waals surface area contributed by atoms with E-state index in [-0.39, 0.29) is 5.56 Å². The Labute approximate surface area is 83.0 Å². The minimum absolute atomic E-state index is 0.0701. The van der Waals surface area contributed by atoms with Crippen molar-refractivity contribution in [3.05, 3.63) is 22.7 Å². The highest BCUT2D eigenvalue weighted by Gasteiger charge is 2.10. The van der Waals surface area contributed by atoms with Crippen LogP contribution in [0, 0.1) is 0 Å². The van der Waals surface area contributed by atoms with Crippen LogP contribution in [0.15, 0.2) is 17.2 Å². The van der Waals surface area contributed by atoms with Crippen LogP contribution in [0.25, 0.3) is 0 Å². The molecule has 0 spiro atoms. The summed E-state index contributed by atoms with van der Waals surface area (Å²) in [5, 5.41) is 0. The molecule has 1 aromatic heterocycles. The second kappa shape index (κ2) is 4.26. The zero-order valence-corrected chi connectivity index (χ0v) is 8.20. The number of H-pyrrole nitrogens is 1. The second-order valence-corrected chi connectivity index (χ2v) is 3.67. The first-order chi connectivity index (χ1) is 6.86. The highest BCUT2D eigenvalue weighted by atomic mass is 16.1. The van der Waals surface area contributed by atoms with Crippen LogP contribution in [0.1, 0.15) is 25.7 Å². The molecule has 2 rings (SSSR count). The average molecular weight is 193 g/mol. The smallest absolute Gasteiger partial charge is 0.252 e. The summed E-state index contributed by atoms with van der Waals surface area (Å²) in [7, 11) is 0. The van der Waals surface area contributed by atoms with Crippen molar-refractivity contribution in [2.75, 3.05) is 18.0 Å². The molecule has 0 aliphatic carbocycles. The molecule has 4 heteroatoms. The maximum Gasteiger partial charge on any atom is 0.252 e. The zero-order chi connectivity index (χ0) is 9.80. The van der Waals surface area contributed by atoms with E-state index in [1.54, 1.807) is 6.07 Å². The lowest BCUT2D eigenvalue weighted by atomic mass is 10.2. The van der Waals surface area contributed by atoms with E-state index in [0.29, 0.717) is 0 Å². The van der Waals surface area contributed by atoms with Gasteiger partial charge in [0.2, 0.25) is 0 Å². The van der Waals surface area contributed by atoms with E-state index in [0.717, 1.165) is 18.9 Å². The van der Waals surface area contributed by atoms with Gasteiger partial charge < -0.3 is 9.88 Å². The van der Waals surface area contributed by atoms with Gasteiger partial charge in [0.15, 0.2) is 0 Å². The van der Waals surface area contributed by atoms with Crippen LogP contribution in [0.4, 0.5) is 5.82 Å². The van der Waals surface area contributed by atoms with Gasteiger partial charge in [-0.3, -0.25) is 4.79 Å². The lowest BCUT2D eigenvalue weighted by molar-refractivity contribution is 0.726. The van der Waals surface area contributed by atoms with Gasteiger partial charge in [-0.15, -0.1) is 0 Å². The molecule has 0 saturated carbocycles. The fraction of sp³-hybridized carbons (Fsp3) is 0.600. The maximum atomic E-state index is 11.1. The third-order valence-corrected chi connectivity index (χ3v) is 2.59. The summed E-state index contributed by atoms with van der Waals surface area (Å²) in [5.41, 5.74) is -0.0701. The van der Waals surface area contributed by atoms with Crippen LogP contribution < -0.4 is 10.5 Å². The molecule has 76 valence electrons. The number of hydrogen-bond acceptors (Lipinski definition) is 3. The van der Waals surface area contributed by atoms with Crippen molar-refractivity contribution in [1.29, 1.82) is 0 Å². The van der Waals surface area contributed by atoms with Gasteiger partial charge in [-0.1, -0.05) is 12.8 Å². The normalized spacial score (nSPS) is 17.9. The van der Waals surface area contributed by atoms with E-state index in [1.165, 1.54) is 32.0 Å². The van der Waals surface area contributed by atoms with Gasteiger partial charge in [0, 0.05) is 19.2 Å². The number of anilines is 1. The van der Waals surface area contributed by atoms with E-state index in [1.807, 2.05) is 0 Å². The van der Waals surface area contributed by atoms with Crippen LogP contribution in [0.5, 0.6) is 0 Å². The Bertz CT molecular complexity index is 339. The molecule has 14 heavy (non-hydrogen) atoms. The predicted molar refractivity (Wildman–Crippen MR) is 55.5 cm³/mol. The summed E-state index contributed by atoms with van der Waals surface area (Å²) in [6.45, 7) is 2.05. The summed E-state index contributed by atoms with van der Waals surface area (Å²) >= 11 is 0. The molecule has 1 aliphatic heterocycles. The minimum Gasteiger partial charge on any atom is -0.356 e. The molecule has 2 heterocycles. The van der Waals surface area contributed by atoms with Gasteiger partial charge in [-0.25, -0.2) is 4.98 Å². The van der Waals surface area contributed by atoms with Crippen molar-refractivity contribution in [3.8, 4) is 0 Å². The number of nitrogens with zero attached hydrogens (tertiary/aromatic N) is 2. The standard InChI is InChI=1S/C10H15N3O/c14-10-7-9(11-8-12-10)13-5-3-1-2-4-6-13/h7-8H,1-6H2,(H,11,12,14). The molecule has 1 N–H and O–H groups in total. The van der Waals surface area contributed by atoms with Crippen molar-refractivity contribution in [2.24, 2.45) is 0 Å². The monoisotopic (exact) mass is 193 g/mol. The fourth-order valence-electron chi connectivity index (χ4n) is 1.83. The molecule has 0 bridgehead atoms. The Hall–Kier alpha value is -1.32. The molecule has 0 unspecified atom stereocenters. The first-order valence-electron chi connectivity index (χ1n) is 5.16. The molecule has 0 aromatic carbocycles. The molecular formula is C10H15N3O. The number of rotatable bonds is 1. The Morgan fingerprint density at radius 1 is 1.21 bits per heavy atom. The Kier molecular flexibility index (Phi) is 2.81. The summed E-state index contributed by atoms with van der Waals surface area (Å²) < 4.78 is 0. The van der Waals surface area contributed by atoms with Crippen LogP contribution in [0.3, 0.4) is 0 Å². The van der Waals surface area contributed by atoms with Crippen molar-refractivity contribution in [2.45, 2.75) is 25.7 Å². The zero-order valence-electron chi connectivity index (χ0n) is 8.20. The Morgan fingerprint density at radius 2 is 1.93 bits per heavy atom. The van der Waals surface area contributed by atoms with Crippen molar-refractivity contribution < 1.29 is 0 Å². The molecule has 1 aromatic rings. The number of hydrogen-bond donors (Lipinski definition) is 1. The summed E-state index contributed by atoms with van der Waals surface area (Å²) in [5.74, 6) is 0.815. The van der Waals surface area contributed by atoms with E-state index in [9.17, 15) is 4.79 Å². The quantitative estimate of drug-likeness (QED) is 0.727. The van der Waals surface area contributed by atoms with Gasteiger partial charge in [0.25, 0.3) is 5.56 Å². The summed E-state index contributed by atoms with van der Waals surface area (Å²) in [6.07, 6.45) is 6.46. The number of nitrogens with one attached hydrogen (secondary N) is 1. The van der Waals surface area contributed by atoms with E-state index < -0.39 is 0 Å². The summed E-state index contributed by atoms with van der Waals surface area (Å²) in [6, 6.07) is 1.57. The molecule has 1 saturated heterocycles. The van der Waals surface area contributed by atoms with Crippen molar-refractivity contribution in [1.82, 2.24) is 9.97 Å². The highest BCUT2D eigenvalue weighted by Crippen LogP contribution is 2.14. The minimum atomic E-state index is -0.0701. The van der Waals surface area contributed by atoms with Gasteiger partial charge in [-0.2, -0.15) is 0 Å². The largest absolute Gasteiger partial charge is 0.356 e. The maximum absolute atomic E-state index is 11.1. The Morgan fingerprint density at radius 3 is 2.57 bits per heavy atom. The van der Waals surface area contributed by atoms with Gasteiger partial charge in [0.05, 0.1) is 6.33 Å². The number of aromatic nitrogens is 2. The second-order valence-electron chi connectivity index (χ2n) is 3.67.